The Hall–Kier alpha value is -1.18. The van der Waals surface area contributed by atoms with E-state index in [4.69, 9.17) is 0 Å². The molecule has 1 nitrogen and oxygen atoms in total. The summed E-state index contributed by atoms with van der Waals surface area (Å²) in [6, 6.07) is 6.68. The summed E-state index contributed by atoms with van der Waals surface area (Å²) in [5, 5.41) is 0. The molecule has 1 aliphatic rings. The average Bonchev–Trinajstić information content (AvgIpc) is 2.79. The van der Waals surface area contributed by atoms with Gasteiger partial charge in [0.1, 0.15) is 12.1 Å². The SMILES string of the molecule is CC1(c2ccccc2F)CC1C=O. The minimum Gasteiger partial charge on any atom is -0.303 e. The lowest BCUT2D eigenvalue weighted by molar-refractivity contribution is -0.109. The highest BCUT2D eigenvalue weighted by Gasteiger charge is 2.52. The fraction of sp³-hybridized carbons (Fsp3) is 0.364. The Morgan fingerprint density at radius 2 is 2.23 bits per heavy atom. The van der Waals surface area contributed by atoms with Gasteiger partial charge in [0.25, 0.3) is 0 Å². The molecule has 1 aromatic carbocycles. The van der Waals surface area contributed by atoms with Crippen LogP contribution in [0.25, 0.3) is 0 Å². The molecule has 0 N–H and O–H groups in total. The van der Waals surface area contributed by atoms with Crippen molar-refractivity contribution in [1.82, 2.24) is 0 Å². The Morgan fingerprint density at radius 1 is 1.54 bits per heavy atom. The summed E-state index contributed by atoms with van der Waals surface area (Å²) in [7, 11) is 0. The van der Waals surface area contributed by atoms with Crippen LogP contribution in [0.3, 0.4) is 0 Å². The average molecular weight is 178 g/mol. The summed E-state index contributed by atoms with van der Waals surface area (Å²) in [6.07, 6.45) is 1.70. The van der Waals surface area contributed by atoms with Gasteiger partial charge in [-0.2, -0.15) is 0 Å². The minimum atomic E-state index is -0.243. The number of hydrogen-bond donors (Lipinski definition) is 0. The standard InChI is InChI=1S/C11H11FO/c1-11(6-8(11)7-13)9-4-2-3-5-10(9)12/h2-5,7-8H,6H2,1H3. The van der Waals surface area contributed by atoms with Crippen LogP contribution < -0.4 is 0 Å². The molecule has 1 aliphatic carbocycles. The summed E-state index contributed by atoms with van der Waals surface area (Å²) in [6.45, 7) is 1.94. The number of rotatable bonds is 2. The smallest absolute Gasteiger partial charge is 0.126 e. The molecular formula is C11H11FO. The lowest BCUT2D eigenvalue weighted by atomic mass is 9.95. The number of hydrogen-bond acceptors (Lipinski definition) is 1. The lowest BCUT2D eigenvalue weighted by Crippen LogP contribution is -2.07. The topological polar surface area (TPSA) is 17.1 Å². The van der Waals surface area contributed by atoms with Crippen molar-refractivity contribution in [3.8, 4) is 0 Å². The fourth-order valence-corrected chi connectivity index (χ4v) is 1.83. The van der Waals surface area contributed by atoms with E-state index in [1.54, 1.807) is 12.1 Å². The van der Waals surface area contributed by atoms with Crippen LogP contribution in [-0.2, 0) is 10.2 Å². The molecule has 2 rings (SSSR count). The van der Waals surface area contributed by atoms with Crippen LogP contribution in [0.4, 0.5) is 4.39 Å². The molecule has 2 unspecified atom stereocenters. The molecule has 0 radical (unpaired) electrons. The molecule has 2 atom stereocenters. The summed E-state index contributed by atoms with van der Waals surface area (Å²) in [4.78, 5) is 10.5. The molecule has 1 aromatic rings. The van der Waals surface area contributed by atoms with Crippen LogP contribution in [0.2, 0.25) is 0 Å². The van der Waals surface area contributed by atoms with Crippen LogP contribution in [0.1, 0.15) is 18.9 Å². The second-order valence-electron chi connectivity index (χ2n) is 3.84. The largest absolute Gasteiger partial charge is 0.303 e. The predicted molar refractivity (Wildman–Crippen MR) is 47.9 cm³/mol. The van der Waals surface area contributed by atoms with E-state index in [2.05, 4.69) is 0 Å². The van der Waals surface area contributed by atoms with Gasteiger partial charge in [0.05, 0.1) is 0 Å². The van der Waals surface area contributed by atoms with Crippen molar-refractivity contribution >= 4 is 6.29 Å². The molecule has 68 valence electrons. The second kappa shape index (κ2) is 2.66. The highest BCUT2D eigenvalue weighted by atomic mass is 19.1. The zero-order valence-corrected chi connectivity index (χ0v) is 7.46. The molecule has 13 heavy (non-hydrogen) atoms. The molecule has 1 fully saturated rings. The quantitative estimate of drug-likeness (QED) is 0.635. The predicted octanol–water partition coefficient (Wildman–Crippen LogP) is 2.30. The highest BCUT2D eigenvalue weighted by molar-refractivity contribution is 5.64. The van der Waals surface area contributed by atoms with Gasteiger partial charge in [-0.15, -0.1) is 0 Å². The van der Waals surface area contributed by atoms with E-state index >= 15 is 0 Å². The molecule has 2 heteroatoms. The van der Waals surface area contributed by atoms with Crippen molar-refractivity contribution in [3.05, 3.63) is 35.6 Å². The molecule has 0 aliphatic heterocycles. The van der Waals surface area contributed by atoms with Crippen molar-refractivity contribution in [2.45, 2.75) is 18.8 Å². The first kappa shape index (κ1) is 8.42. The first-order valence-corrected chi connectivity index (χ1v) is 4.39. The summed E-state index contributed by atoms with van der Waals surface area (Å²) in [5.41, 5.74) is 0.430. The van der Waals surface area contributed by atoms with Crippen LogP contribution in [-0.4, -0.2) is 6.29 Å². The summed E-state index contributed by atoms with van der Waals surface area (Å²) >= 11 is 0. The van der Waals surface area contributed by atoms with E-state index in [0.717, 1.165) is 12.7 Å². The first-order chi connectivity index (χ1) is 6.18. The first-order valence-electron chi connectivity index (χ1n) is 4.39. The molecule has 0 saturated heterocycles. The fourth-order valence-electron chi connectivity index (χ4n) is 1.83. The van der Waals surface area contributed by atoms with E-state index in [9.17, 15) is 9.18 Å². The molecule has 0 heterocycles. The Morgan fingerprint density at radius 3 is 2.77 bits per heavy atom. The molecule has 0 aromatic heterocycles. The van der Waals surface area contributed by atoms with Gasteiger partial charge < -0.3 is 4.79 Å². The van der Waals surface area contributed by atoms with Gasteiger partial charge in [-0.05, 0) is 18.1 Å². The van der Waals surface area contributed by atoms with Gasteiger partial charge in [0.15, 0.2) is 0 Å². The minimum absolute atomic E-state index is 0.00407. The third-order valence-corrected chi connectivity index (χ3v) is 2.96. The van der Waals surface area contributed by atoms with Gasteiger partial charge in [-0.3, -0.25) is 0 Å². The number of benzene rings is 1. The third kappa shape index (κ3) is 1.17. The van der Waals surface area contributed by atoms with Crippen molar-refractivity contribution in [2.24, 2.45) is 5.92 Å². The van der Waals surface area contributed by atoms with Crippen molar-refractivity contribution in [1.29, 1.82) is 0 Å². The normalized spacial score (nSPS) is 31.4. The Bertz CT molecular complexity index is 348. The molecular weight excluding hydrogens is 167 g/mol. The Kier molecular flexibility index (Phi) is 1.72. The maximum Gasteiger partial charge on any atom is 0.126 e. The second-order valence-corrected chi connectivity index (χ2v) is 3.84. The van der Waals surface area contributed by atoms with Gasteiger partial charge in [-0.25, -0.2) is 4.39 Å². The number of carbonyl (C=O) groups is 1. The van der Waals surface area contributed by atoms with Gasteiger partial charge >= 0.3 is 0 Å². The van der Waals surface area contributed by atoms with E-state index in [-0.39, 0.29) is 17.2 Å². The number of halogens is 1. The summed E-state index contributed by atoms with van der Waals surface area (Å²) in [5.74, 6) is -0.196. The van der Waals surface area contributed by atoms with E-state index < -0.39 is 0 Å². The third-order valence-electron chi connectivity index (χ3n) is 2.96. The van der Waals surface area contributed by atoms with E-state index in [1.165, 1.54) is 6.07 Å². The lowest BCUT2D eigenvalue weighted by Gasteiger charge is -2.10. The van der Waals surface area contributed by atoms with E-state index in [0.29, 0.717) is 5.56 Å². The Balaban J connectivity index is 2.37. The summed E-state index contributed by atoms with van der Waals surface area (Å²) < 4.78 is 13.3. The Labute approximate surface area is 76.6 Å². The van der Waals surface area contributed by atoms with Crippen molar-refractivity contribution in [2.75, 3.05) is 0 Å². The monoisotopic (exact) mass is 178 g/mol. The van der Waals surface area contributed by atoms with Crippen LogP contribution in [0, 0.1) is 11.7 Å². The maximum atomic E-state index is 13.3. The number of carbonyl (C=O) groups excluding carboxylic acids is 1. The van der Waals surface area contributed by atoms with Crippen LogP contribution in [0.15, 0.2) is 24.3 Å². The zero-order valence-electron chi connectivity index (χ0n) is 7.46. The zero-order chi connectivity index (χ0) is 9.47. The molecule has 0 amide bonds. The number of aldehydes is 1. The molecule has 0 bridgehead atoms. The highest BCUT2D eigenvalue weighted by Crippen LogP contribution is 2.53. The molecule has 1 saturated carbocycles. The van der Waals surface area contributed by atoms with Gasteiger partial charge in [-0.1, -0.05) is 25.1 Å². The van der Waals surface area contributed by atoms with Crippen LogP contribution >= 0.6 is 0 Å². The van der Waals surface area contributed by atoms with Crippen molar-refractivity contribution in [3.63, 3.8) is 0 Å². The van der Waals surface area contributed by atoms with Gasteiger partial charge in [0, 0.05) is 11.3 Å². The van der Waals surface area contributed by atoms with Crippen molar-refractivity contribution < 1.29 is 9.18 Å². The molecule has 0 spiro atoms. The van der Waals surface area contributed by atoms with Crippen LogP contribution in [0.5, 0.6) is 0 Å². The maximum absolute atomic E-state index is 13.3. The van der Waals surface area contributed by atoms with Gasteiger partial charge in [0.2, 0.25) is 0 Å². The van der Waals surface area contributed by atoms with E-state index in [1.807, 2.05) is 13.0 Å².